The SMILES string of the molecule is Cc1cc2c(F)c(C(C)CO)ccc2[nH]1. The van der Waals surface area contributed by atoms with Gasteiger partial charge in [0, 0.05) is 29.1 Å². The molecule has 0 aliphatic rings. The summed E-state index contributed by atoms with van der Waals surface area (Å²) in [7, 11) is 0. The summed E-state index contributed by atoms with van der Waals surface area (Å²) in [4.78, 5) is 3.08. The Kier molecular flexibility index (Phi) is 2.49. The number of hydrogen-bond acceptors (Lipinski definition) is 1. The van der Waals surface area contributed by atoms with Gasteiger partial charge in [0.25, 0.3) is 0 Å². The average Bonchev–Trinajstić information content (AvgIpc) is 2.59. The number of aromatic amines is 1. The lowest BCUT2D eigenvalue weighted by atomic mass is 10.00. The van der Waals surface area contributed by atoms with Crippen molar-refractivity contribution in [1.29, 1.82) is 0 Å². The summed E-state index contributed by atoms with van der Waals surface area (Å²) in [5, 5.41) is 9.62. The van der Waals surface area contributed by atoms with Crippen molar-refractivity contribution in [2.75, 3.05) is 6.61 Å². The third kappa shape index (κ3) is 1.63. The lowest BCUT2D eigenvalue weighted by molar-refractivity contribution is 0.270. The minimum atomic E-state index is -0.224. The molecule has 2 N–H and O–H groups in total. The first-order valence-electron chi connectivity index (χ1n) is 5.02. The van der Waals surface area contributed by atoms with Gasteiger partial charge in [-0.3, -0.25) is 0 Å². The van der Waals surface area contributed by atoms with Gasteiger partial charge in [0.2, 0.25) is 0 Å². The van der Waals surface area contributed by atoms with Crippen LogP contribution in [0.2, 0.25) is 0 Å². The van der Waals surface area contributed by atoms with Gasteiger partial charge in [0.05, 0.1) is 0 Å². The molecule has 0 aliphatic carbocycles. The Morgan fingerprint density at radius 3 is 2.87 bits per heavy atom. The fraction of sp³-hybridized carbons (Fsp3) is 0.333. The molecule has 0 saturated carbocycles. The molecule has 0 bridgehead atoms. The number of hydrogen-bond donors (Lipinski definition) is 2. The summed E-state index contributed by atoms with van der Waals surface area (Å²) in [6.07, 6.45) is 0. The van der Waals surface area contributed by atoms with Crippen LogP contribution in [0.3, 0.4) is 0 Å². The lowest BCUT2D eigenvalue weighted by Crippen LogP contribution is -2.01. The van der Waals surface area contributed by atoms with Crippen molar-refractivity contribution in [1.82, 2.24) is 4.98 Å². The van der Waals surface area contributed by atoms with Crippen molar-refractivity contribution in [3.05, 3.63) is 35.3 Å². The lowest BCUT2D eigenvalue weighted by Gasteiger charge is -2.09. The first kappa shape index (κ1) is 10.2. The van der Waals surface area contributed by atoms with Gasteiger partial charge in [-0.15, -0.1) is 0 Å². The zero-order valence-corrected chi connectivity index (χ0v) is 8.84. The molecule has 2 rings (SSSR count). The monoisotopic (exact) mass is 207 g/mol. The quantitative estimate of drug-likeness (QED) is 0.780. The van der Waals surface area contributed by atoms with Gasteiger partial charge in [-0.1, -0.05) is 13.0 Å². The van der Waals surface area contributed by atoms with Crippen LogP contribution in [0.5, 0.6) is 0 Å². The highest BCUT2D eigenvalue weighted by Crippen LogP contribution is 2.26. The molecule has 0 aliphatic heterocycles. The van der Waals surface area contributed by atoms with Crippen molar-refractivity contribution in [3.63, 3.8) is 0 Å². The fourth-order valence-corrected chi connectivity index (χ4v) is 1.80. The van der Waals surface area contributed by atoms with E-state index in [0.29, 0.717) is 10.9 Å². The highest BCUT2D eigenvalue weighted by Gasteiger charge is 2.13. The van der Waals surface area contributed by atoms with E-state index < -0.39 is 0 Å². The maximum atomic E-state index is 14.0. The third-order valence-electron chi connectivity index (χ3n) is 2.71. The smallest absolute Gasteiger partial charge is 0.136 e. The number of aromatic nitrogens is 1. The van der Waals surface area contributed by atoms with Gasteiger partial charge in [0.15, 0.2) is 0 Å². The number of aliphatic hydroxyl groups excluding tert-OH is 1. The standard InChI is InChI=1S/C12H14FNO/c1-7(6-15)9-3-4-11-10(12(9)13)5-8(2)14-11/h3-5,7,14-15H,6H2,1-2H3. The van der Waals surface area contributed by atoms with E-state index >= 15 is 0 Å². The highest BCUT2D eigenvalue weighted by atomic mass is 19.1. The number of halogens is 1. The van der Waals surface area contributed by atoms with Gasteiger partial charge in [-0.2, -0.15) is 0 Å². The van der Waals surface area contributed by atoms with Crippen LogP contribution in [0.25, 0.3) is 10.9 Å². The van der Waals surface area contributed by atoms with E-state index in [4.69, 9.17) is 5.11 Å². The van der Waals surface area contributed by atoms with Crippen LogP contribution < -0.4 is 0 Å². The molecule has 80 valence electrons. The number of benzene rings is 1. The van der Waals surface area contributed by atoms with E-state index in [1.165, 1.54) is 0 Å². The van der Waals surface area contributed by atoms with Crippen molar-refractivity contribution in [2.45, 2.75) is 19.8 Å². The maximum Gasteiger partial charge on any atom is 0.136 e. The third-order valence-corrected chi connectivity index (χ3v) is 2.71. The Morgan fingerprint density at radius 2 is 2.20 bits per heavy atom. The normalized spacial score (nSPS) is 13.3. The van der Waals surface area contributed by atoms with Crippen LogP contribution in [-0.2, 0) is 0 Å². The van der Waals surface area contributed by atoms with Crippen LogP contribution in [0.15, 0.2) is 18.2 Å². The maximum absolute atomic E-state index is 14.0. The molecule has 15 heavy (non-hydrogen) atoms. The Hall–Kier alpha value is -1.35. The van der Waals surface area contributed by atoms with E-state index in [1.807, 2.05) is 19.9 Å². The predicted octanol–water partition coefficient (Wildman–Crippen LogP) is 2.71. The zero-order chi connectivity index (χ0) is 11.0. The van der Waals surface area contributed by atoms with E-state index in [-0.39, 0.29) is 18.3 Å². The van der Waals surface area contributed by atoms with Gasteiger partial charge < -0.3 is 10.1 Å². The molecule has 0 saturated heterocycles. The van der Waals surface area contributed by atoms with Crippen molar-refractivity contribution >= 4 is 10.9 Å². The first-order chi connectivity index (χ1) is 7.13. The fourth-order valence-electron chi connectivity index (χ4n) is 1.80. The number of rotatable bonds is 2. The molecule has 0 spiro atoms. The molecule has 1 heterocycles. The average molecular weight is 207 g/mol. The molecule has 2 nitrogen and oxygen atoms in total. The topological polar surface area (TPSA) is 36.0 Å². The molecular weight excluding hydrogens is 193 g/mol. The molecule has 3 heteroatoms. The van der Waals surface area contributed by atoms with Gasteiger partial charge in [-0.05, 0) is 24.6 Å². The minimum absolute atomic E-state index is 0.0359. The van der Waals surface area contributed by atoms with Crippen LogP contribution in [-0.4, -0.2) is 16.7 Å². The molecule has 2 aromatic rings. The number of H-pyrrole nitrogens is 1. The van der Waals surface area contributed by atoms with Crippen molar-refractivity contribution < 1.29 is 9.50 Å². The molecule has 0 radical (unpaired) electrons. The summed E-state index contributed by atoms with van der Waals surface area (Å²) >= 11 is 0. The van der Waals surface area contributed by atoms with Crippen LogP contribution >= 0.6 is 0 Å². The summed E-state index contributed by atoms with van der Waals surface area (Å²) in [5.41, 5.74) is 2.32. The molecule has 1 aromatic heterocycles. The van der Waals surface area contributed by atoms with Crippen LogP contribution in [0.4, 0.5) is 4.39 Å². The van der Waals surface area contributed by atoms with E-state index in [9.17, 15) is 4.39 Å². The van der Waals surface area contributed by atoms with Crippen LogP contribution in [0, 0.1) is 12.7 Å². The zero-order valence-electron chi connectivity index (χ0n) is 8.84. The molecule has 0 fully saturated rings. The van der Waals surface area contributed by atoms with Crippen molar-refractivity contribution in [3.8, 4) is 0 Å². The van der Waals surface area contributed by atoms with Gasteiger partial charge in [-0.25, -0.2) is 4.39 Å². The number of nitrogens with one attached hydrogen (secondary N) is 1. The molecule has 0 amide bonds. The Labute approximate surface area is 87.7 Å². The number of aryl methyl sites for hydroxylation is 1. The summed E-state index contributed by atoms with van der Waals surface area (Å²) in [5.74, 6) is -0.386. The highest BCUT2D eigenvalue weighted by molar-refractivity contribution is 5.82. The Balaban J connectivity index is 2.64. The first-order valence-corrected chi connectivity index (χ1v) is 5.02. The summed E-state index contributed by atoms with van der Waals surface area (Å²) < 4.78 is 14.0. The summed E-state index contributed by atoms with van der Waals surface area (Å²) in [6.45, 7) is 3.67. The molecular formula is C12H14FNO. The summed E-state index contributed by atoms with van der Waals surface area (Å²) in [6, 6.07) is 5.37. The number of aliphatic hydroxyl groups is 1. The van der Waals surface area contributed by atoms with Gasteiger partial charge in [0.1, 0.15) is 5.82 Å². The Bertz CT molecular complexity index is 490. The molecule has 1 atom stereocenters. The van der Waals surface area contributed by atoms with Crippen molar-refractivity contribution in [2.24, 2.45) is 0 Å². The van der Waals surface area contributed by atoms with Gasteiger partial charge >= 0.3 is 0 Å². The molecule has 1 aromatic carbocycles. The second-order valence-electron chi connectivity index (χ2n) is 3.97. The Morgan fingerprint density at radius 1 is 1.47 bits per heavy atom. The number of fused-ring (bicyclic) bond motifs is 1. The van der Waals surface area contributed by atoms with E-state index in [1.54, 1.807) is 12.1 Å². The van der Waals surface area contributed by atoms with E-state index in [0.717, 1.165) is 11.2 Å². The largest absolute Gasteiger partial charge is 0.396 e. The second-order valence-corrected chi connectivity index (χ2v) is 3.97. The minimum Gasteiger partial charge on any atom is -0.396 e. The second kappa shape index (κ2) is 3.66. The predicted molar refractivity (Wildman–Crippen MR) is 58.5 cm³/mol. The molecule has 1 unspecified atom stereocenters. The van der Waals surface area contributed by atoms with E-state index in [2.05, 4.69) is 4.98 Å². The van der Waals surface area contributed by atoms with Crippen LogP contribution in [0.1, 0.15) is 24.1 Å².